The minimum absolute atomic E-state index is 0.395. The van der Waals surface area contributed by atoms with Crippen molar-refractivity contribution in [2.75, 3.05) is 0 Å². The largest absolute Gasteiger partial charge is 0.327 e. The van der Waals surface area contributed by atoms with E-state index in [-0.39, 0.29) is 0 Å². The quantitative estimate of drug-likeness (QED) is 0.782. The van der Waals surface area contributed by atoms with Crippen molar-refractivity contribution in [3.8, 4) is 0 Å². The Balaban J connectivity index is 2.18. The van der Waals surface area contributed by atoms with Gasteiger partial charge in [0.15, 0.2) is 0 Å². The van der Waals surface area contributed by atoms with Gasteiger partial charge in [0.1, 0.15) is 0 Å². The first-order valence-electron chi connectivity index (χ1n) is 4.28. The molecule has 1 aromatic carbocycles. The molecule has 0 heterocycles. The van der Waals surface area contributed by atoms with E-state index in [0.717, 1.165) is 4.47 Å². The molecule has 1 aliphatic rings. The molecule has 0 aliphatic heterocycles. The molecule has 1 aromatic rings. The summed E-state index contributed by atoms with van der Waals surface area (Å²) in [5.41, 5.74) is 7.27. The molecule has 12 heavy (non-hydrogen) atoms. The topological polar surface area (TPSA) is 26.0 Å². The lowest BCUT2D eigenvalue weighted by atomic mass is 9.76. The standard InChI is InChI=1S/C10H12BrN/c11-8-3-1-7(2-4-8)9-5-6-10(9)12/h1-4,9-10H,5-6,12H2. The zero-order valence-electron chi connectivity index (χ0n) is 6.83. The molecule has 0 spiro atoms. The molecule has 2 N–H and O–H groups in total. The monoisotopic (exact) mass is 225 g/mol. The van der Waals surface area contributed by atoms with Crippen molar-refractivity contribution in [3.05, 3.63) is 34.3 Å². The minimum Gasteiger partial charge on any atom is -0.327 e. The smallest absolute Gasteiger partial charge is 0.0175 e. The zero-order chi connectivity index (χ0) is 8.55. The van der Waals surface area contributed by atoms with Crippen LogP contribution >= 0.6 is 15.9 Å². The van der Waals surface area contributed by atoms with Crippen LogP contribution in [0.1, 0.15) is 24.3 Å². The predicted octanol–water partition coefficient (Wildman–Crippen LogP) is 2.65. The Morgan fingerprint density at radius 2 is 1.83 bits per heavy atom. The molecule has 1 aliphatic carbocycles. The minimum atomic E-state index is 0.395. The number of halogens is 1. The fourth-order valence-electron chi connectivity index (χ4n) is 1.65. The van der Waals surface area contributed by atoms with E-state index in [1.165, 1.54) is 18.4 Å². The summed E-state index contributed by atoms with van der Waals surface area (Å²) in [7, 11) is 0. The highest BCUT2D eigenvalue weighted by Gasteiger charge is 2.28. The molecular weight excluding hydrogens is 214 g/mol. The maximum atomic E-state index is 5.88. The van der Waals surface area contributed by atoms with Crippen LogP contribution in [0.2, 0.25) is 0 Å². The summed E-state index contributed by atoms with van der Waals surface area (Å²) in [4.78, 5) is 0. The molecule has 1 nitrogen and oxygen atoms in total. The van der Waals surface area contributed by atoms with E-state index >= 15 is 0 Å². The molecule has 2 rings (SSSR count). The Hall–Kier alpha value is -0.340. The average molecular weight is 226 g/mol. The van der Waals surface area contributed by atoms with E-state index < -0.39 is 0 Å². The van der Waals surface area contributed by atoms with Crippen LogP contribution in [-0.4, -0.2) is 6.04 Å². The third-order valence-electron chi connectivity index (χ3n) is 2.63. The second-order valence-electron chi connectivity index (χ2n) is 3.40. The van der Waals surface area contributed by atoms with Gasteiger partial charge in [-0.3, -0.25) is 0 Å². The van der Waals surface area contributed by atoms with Gasteiger partial charge < -0.3 is 5.73 Å². The van der Waals surface area contributed by atoms with Crippen molar-refractivity contribution in [2.24, 2.45) is 5.73 Å². The first-order chi connectivity index (χ1) is 5.77. The Kier molecular flexibility index (Phi) is 2.20. The van der Waals surface area contributed by atoms with Crippen LogP contribution in [0.3, 0.4) is 0 Å². The molecule has 0 radical (unpaired) electrons. The fourth-order valence-corrected chi connectivity index (χ4v) is 1.91. The first kappa shape index (κ1) is 8.27. The molecular formula is C10H12BrN. The van der Waals surface area contributed by atoms with Gasteiger partial charge in [-0.1, -0.05) is 28.1 Å². The molecule has 0 saturated heterocycles. The van der Waals surface area contributed by atoms with E-state index in [1.54, 1.807) is 0 Å². The third-order valence-corrected chi connectivity index (χ3v) is 3.15. The lowest BCUT2D eigenvalue weighted by Gasteiger charge is -2.33. The summed E-state index contributed by atoms with van der Waals surface area (Å²) in [6.45, 7) is 0. The SMILES string of the molecule is NC1CCC1c1ccc(Br)cc1. The summed E-state index contributed by atoms with van der Waals surface area (Å²) in [5, 5.41) is 0. The van der Waals surface area contributed by atoms with Gasteiger partial charge in [-0.05, 0) is 36.5 Å². The molecule has 1 fully saturated rings. The van der Waals surface area contributed by atoms with Crippen molar-refractivity contribution in [1.29, 1.82) is 0 Å². The highest BCUT2D eigenvalue weighted by Crippen LogP contribution is 2.35. The van der Waals surface area contributed by atoms with E-state index in [1.807, 2.05) is 0 Å². The first-order valence-corrected chi connectivity index (χ1v) is 5.08. The van der Waals surface area contributed by atoms with Crippen LogP contribution in [0, 0.1) is 0 Å². The number of rotatable bonds is 1. The Bertz CT molecular complexity index is 268. The molecule has 0 bridgehead atoms. The number of nitrogens with two attached hydrogens (primary N) is 1. The molecule has 2 unspecified atom stereocenters. The van der Waals surface area contributed by atoms with E-state index in [9.17, 15) is 0 Å². The van der Waals surface area contributed by atoms with Crippen LogP contribution in [-0.2, 0) is 0 Å². The highest BCUT2D eigenvalue weighted by molar-refractivity contribution is 9.10. The van der Waals surface area contributed by atoms with Crippen molar-refractivity contribution >= 4 is 15.9 Å². The van der Waals surface area contributed by atoms with Gasteiger partial charge in [0, 0.05) is 10.5 Å². The second kappa shape index (κ2) is 3.19. The van der Waals surface area contributed by atoms with Gasteiger partial charge in [0.25, 0.3) is 0 Å². The van der Waals surface area contributed by atoms with Gasteiger partial charge in [-0.15, -0.1) is 0 Å². The molecule has 64 valence electrons. The Labute approximate surface area is 81.1 Å². The van der Waals surface area contributed by atoms with Gasteiger partial charge in [0.2, 0.25) is 0 Å². The van der Waals surface area contributed by atoms with E-state index in [4.69, 9.17) is 5.73 Å². The van der Waals surface area contributed by atoms with Gasteiger partial charge in [-0.2, -0.15) is 0 Å². The summed E-state index contributed by atoms with van der Waals surface area (Å²) < 4.78 is 1.14. The van der Waals surface area contributed by atoms with Crippen LogP contribution in [0.15, 0.2) is 28.7 Å². The predicted molar refractivity (Wildman–Crippen MR) is 54.1 cm³/mol. The highest BCUT2D eigenvalue weighted by atomic mass is 79.9. The maximum absolute atomic E-state index is 5.88. The number of hydrogen-bond donors (Lipinski definition) is 1. The van der Waals surface area contributed by atoms with Crippen LogP contribution in [0.4, 0.5) is 0 Å². The van der Waals surface area contributed by atoms with Crippen molar-refractivity contribution < 1.29 is 0 Å². The van der Waals surface area contributed by atoms with E-state index in [2.05, 4.69) is 40.2 Å². The summed E-state index contributed by atoms with van der Waals surface area (Å²) >= 11 is 3.42. The van der Waals surface area contributed by atoms with Crippen LogP contribution in [0.5, 0.6) is 0 Å². The van der Waals surface area contributed by atoms with Crippen molar-refractivity contribution in [3.63, 3.8) is 0 Å². The molecule has 0 aromatic heterocycles. The molecule has 1 saturated carbocycles. The van der Waals surface area contributed by atoms with Gasteiger partial charge in [-0.25, -0.2) is 0 Å². The normalized spacial score (nSPS) is 28.2. The van der Waals surface area contributed by atoms with Crippen LogP contribution < -0.4 is 5.73 Å². The molecule has 2 atom stereocenters. The number of benzene rings is 1. The van der Waals surface area contributed by atoms with E-state index in [0.29, 0.717) is 12.0 Å². The van der Waals surface area contributed by atoms with Crippen molar-refractivity contribution in [2.45, 2.75) is 24.8 Å². The van der Waals surface area contributed by atoms with Crippen molar-refractivity contribution in [1.82, 2.24) is 0 Å². The van der Waals surface area contributed by atoms with Gasteiger partial charge >= 0.3 is 0 Å². The maximum Gasteiger partial charge on any atom is 0.0175 e. The second-order valence-corrected chi connectivity index (χ2v) is 4.31. The summed E-state index contributed by atoms with van der Waals surface area (Å²) in [5.74, 6) is 0.609. The lowest BCUT2D eigenvalue weighted by Crippen LogP contribution is -2.37. The fraction of sp³-hybridized carbons (Fsp3) is 0.400. The zero-order valence-corrected chi connectivity index (χ0v) is 8.42. The molecule has 2 heteroatoms. The van der Waals surface area contributed by atoms with Gasteiger partial charge in [0.05, 0.1) is 0 Å². The number of hydrogen-bond acceptors (Lipinski definition) is 1. The molecule has 0 amide bonds. The Morgan fingerprint density at radius 3 is 2.25 bits per heavy atom. The Morgan fingerprint density at radius 1 is 1.17 bits per heavy atom. The average Bonchev–Trinajstić information content (AvgIpc) is 2.06. The third kappa shape index (κ3) is 1.41. The lowest BCUT2D eigenvalue weighted by molar-refractivity contribution is 0.346. The summed E-state index contributed by atoms with van der Waals surface area (Å²) in [6.07, 6.45) is 2.43. The van der Waals surface area contributed by atoms with Crippen LogP contribution in [0.25, 0.3) is 0 Å². The summed E-state index contributed by atoms with van der Waals surface area (Å²) in [6, 6.07) is 8.88.